The van der Waals surface area contributed by atoms with Gasteiger partial charge in [-0.05, 0) is 12.8 Å². The first kappa shape index (κ1) is 15.7. The van der Waals surface area contributed by atoms with Gasteiger partial charge in [0.2, 0.25) is 5.91 Å². The number of aliphatic carboxylic acids is 1. The molecule has 0 radical (unpaired) electrons. The smallest absolute Gasteiger partial charge is 0.392 e. The van der Waals surface area contributed by atoms with Crippen LogP contribution in [0.5, 0.6) is 0 Å². The van der Waals surface area contributed by atoms with Crippen LogP contribution in [0.2, 0.25) is 0 Å². The van der Waals surface area contributed by atoms with Gasteiger partial charge < -0.3 is 15.5 Å². The van der Waals surface area contributed by atoms with E-state index in [0.29, 0.717) is 12.8 Å². The van der Waals surface area contributed by atoms with Crippen LogP contribution in [0.1, 0.15) is 25.7 Å². The number of carbonyl (C=O) groups is 2. The van der Waals surface area contributed by atoms with Gasteiger partial charge in [-0.15, -0.1) is 0 Å². The molecule has 1 fully saturated rings. The van der Waals surface area contributed by atoms with Gasteiger partial charge in [-0.3, -0.25) is 4.79 Å². The van der Waals surface area contributed by atoms with Crippen LogP contribution in [0.25, 0.3) is 0 Å². The summed E-state index contributed by atoms with van der Waals surface area (Å²) in [7, 11) is 0. The summed E-state index contributed by atoms with van der Waals surface area (Å²) in [5.74, 6) is -5.45. The van der Waals surface area contributed by atoms with Crippen LogP contribution < -0.4 is 5.32 Å². The molecule has 1 aliphatic carbocycles. The highest BCUT2D eigenvalue weighted by Crippen LogP contribution is 2.41. The molecule has 0 aromatic heterocycles. The van der Waals surface area contributed by atoms with Gasteiger partial charge in [-0.1, -0.05) is 12.8 Å². The molecule has 0 aromatic rings. The molecule has 2 unspecified atom stereocenters. The van der Waals surface area contributed by atoms with E-state index in [0.717, 1.165) is 0 Å². The lowest BCUT2D eigenvalue weighted by atomic mass is 9.78. The predicted octanol–water partition coefficient (Wildman–Crippen LogP) is 0.917. The Hall–Kier alpha value is -1.31. The average molecular weight is 283 g/mol. The summed E-state index contributed by atoms with van der Waals surface area (Å²) in [5.41, 5.74) is 0. The Bertz CT molecular complexity index is 345. The van der Waals surface area contributed by atoms with E-state index in [2.05, 4.69) is 0 Å². The van der Waals surface area contributed by atoms with Crippen molar-refractivity contribution in [2.75, 3.05) is 6.61 Å². The molecule has 1 rings (SSSR count). The van der Waals surface area contributed by atoms with E-state index in [1.165, 1.54) is 0 Å². The Balaban J connectivity index is 2.75. The summed E-state index contributed by atoms with van der Waals surface area (Å²) in [5, 5.41) is 19.4. The standard InChI is InChI=1S/C11H16F3NO4/c12-11(13,14)7-4-2-1-3-6(7)9(17)15-8(5-16)10(18)19/h6-8,16H,1-5H2,(H,15,17)(H,18,19)/t6?,7?,8-/m0/s1. The Morgan fingerprint density at radius 1 is 1.26 bits per heavy atom. The Morgan fingerprint density at radius 2 is 1.84 bits per heavy atom. The number of hydrogen-bond donors (Lipinski definition) is 3. The Labute approximate surface area is 107 Å². The first-order chi connectivity index (χ1) is 8.77. The molecular weight excluding hydrogens is 267 g/mol. The number of rotatable bonds is 4. The maximum atomic E-state index is 12.8. The van der Waals surface area contributed by atoms with Crippen LogP contribution in [0.15, 0.2) is 0 Å². The Morgan fingerprint density at radius 3 is 2.32 bits per heavy atom. The highest BCUT2D eigenvalue weighted by atomic mass is 19.4. The zero-order valence-electron chi connectivity index (χ0n) is 10.1. The molecule has 0 heterocycles. The molecule has 110 valence electrons. The van der Waals surface area contributed by atoms with Gasteiger partial charge in [-0.2, -0.15) is 13.2 Å². The molecule has 0 spiro atoms. The maximum absolute atomic E-state index is 12.8. The lowest BCUT2D eigenvalue weighted by molar-refractivity contribution is -0.198. The van der Waals surface area contributed by atoms with Crippen LogP contribution >= 0.6 is 0 Å². The van der Waals surface area contributed by atoms with Crippen molar-refractivity contribution in [2.24, 2.45) is 11.8 Å². The van der Waals surface area contributed by atoms with Gasteiger partial charge in [-0.25, -0.2) is 4.79 Å². The van der Waals surface area contributed by atoms with Gasteiger partial charge >= 0.3 is 12.1 Å². The number of carboxylic acid groups (broad SMARTS) is 1. The topological polar surface area (TPSA) is 86.6 Å². The lowest BCUT2D eigenvalue weighted by Crippen LogP contribution is -2.49. The van der Waals surface area contributed by atoms with E-state index >= 15 is 0 Å². The number of hydrogen-bond acceptors (Lipinski definition) is 3. The highest BCUT2D eigenvalue weighted by molar-refractivity contribution is 5.85. The highest BCUT2D eigenvalue weighted by Gasteiger charge is 2.48. The number of halogens is 3. The van der Waals surface area contributed by atoms with Crippen molar-refractivity contribution in [2.45, 2.75) is 37.9 Å². The van der Waals surface area contributed by atoms with Gasteiger partial charge in [0.25, 0.3) is 0 Å². The second-order valence-electron chi connectivity index (χ2n) is 4.62. The molecule has 1 amide bonds. The summed E-state index contributed by atoms with van der Waals surface area (Å²) >= 11 is 0. The first-order valence-corrected chi connectivity index (χ1v) is 5.98. The van der Waals surface area contributed by atoms with Crippen molar-refractivity contribution in [1.82, 2.24) is 5.32 Å². The Kier molecular flexibility index (Phi) is 5.16. The van der Waals surface area contributed by atoms with Crippen molar-refractivity contribution in [3.8, 4) is 0 Å². The second-order valence-corrected chi connectivity index (χ2v) is 4.62. The van der Waals surface area contributed by atoms with E-state index in [4.69, 9.17) is 10.2 Å². The number of carboxylic acids is 1. The molecule has 3 N–H and O–H groups in total. The van der Waals surface area contributed by atoms with Crippen LogP contribution in [-0.2, 0) is 9.59 Å². The van der Waals surface area contributed by atoms with E-state index in [-0.39, 0.29) is 12.8 Å². The molecular formula is C11H16F3NO4. The van der Waals surface area contributed by atoms with Crippen molar-refractivity contribution >= 4 is 11.9 Å². The third-order valence-corrected chi connectivity index (χ3v) is 3.32. The zero-order valence-corrected chi connectivity index (χ0v) is 10.1. The van der Waals surface area contributed by atoms with E-state index < -0.39 is 42.5 Å². The van der Waals surface area contributed by atoms with Crippen LogP contribution in [0.3, 0.4) is 0 Å². The van der Waals surface area contributed by atoms with E-state index in [9.17, 15) is 22.8 Å². The van der Waals surface area contributed by atoms with Crippen LogP contribution in [0, 0.1) is 11.8 Å². The van der Waals surface area contributed by atoms with Gasteiger partial charge in [0.1, 0.15) is 6.04 Å². The number of aliphatic hydroxyl groups is 1. The molecule has 3 atom stereocenters. The summed E-state index contributed by atoms with van der Waals surface area (Å²) in [4.78, 5) is 22.4. The molecule has 1 saturated carbocycles. The van der Waals surface area contributed by atoms with Crippen LogP contribution in [-0.4, -0.2) is 40.9 Å². The molecule has 19 heavy (non-hydrogen) atoms. The number of amides is 1. The first-order valence-electron chi connectivity index (χ1n) is 5.98. The summed E-state index contributed by atoms with van der Waals surface area (Å²) in [6, 6.07) is -1.57. The zero-order chi connectivity index (χ0) is 14.6. The molecule has 8 heteroatoms. The third kappa shape index (κ3) is 4.09. The van der Waals surface area contributed by atoms with E-state index in [1.807, 2.05) is 5.32 Å². The molecule has 0 saturated heterocycles. The minimum atomic E-state index is -4.47. The summed E-state index contributed by atoms with van der Waals surface area (Å²) in [6.45, 7) is -0.857. The van der Waals surface area contributed by atoms with Crippen molar-refractivity contribution in [1.29, 1.82) is 0 Å². The second kappa shape index (κ2) is 6.23. The fourth-order valence-corrected chi connectivity index (χ4v) is 2.30. The third-order valence-electron chi connectivity index (χ3n) is 3.32. The maximum Gasteiger partial charge on any atom is 0.392 e. The van der Waals surface area contributed by atoms with Gasteiger partial charge in [0.15, 0.2) is 0 Å². The van der Waals surface area contributed by atoms with E-state index in [1.54, 1.807) is 0 Å². The van der Waals surface area contributed by atoms with Gasteiger partial charge in [0.05, 0.1) is 12.5 Å². The fourth-order valence-electron chi connectivity index (χ4n) is 2.30. The molecule has 0 aromatic carbocycles. The van der Waals surface area contributed by atoms with Crippen molar-refractivity contribution in [3.05, 3.63) is 0 Å². The monoisotopic (exact) mass is 283 g/mol. The largest absolute Gasteiger partial charge is 0.480 e. The molecule has 1 aliphatic rings. The number of carbonyl (C=O) groups excluding carboxylic acids is 1. The minimum Gasteiger partial charge on any atom is -0.480 e. The van der Waals surface area contributed by atoms with Crippen molar-refractivity contribution in [3.63, 3.8) is 0 Å². The fraction of sp³-hybridized carbons (Fsp3) is 0.818. The predicted molar refractivity (Wildman–Crippen MR) is 58.2 cm³/mol. The normalized spacial score (nSPS) is 25.7. The van der Waals surface area contributed by atoms with Crippen LogP contribution in [0.4, 0.5) is 13.2 Å². The average Bonchev–Trinajstić information content (AvgIpc) is 2.34. The summed E-state index contributed by atoms with van der Waals surface area (Å²) < 4.78 is 38.4. The molecule has 5 nitrogen and oxygen atoms in total. The SMILES string of the molecule is O=C(N[C@@H](CO)C(=O)O)C1CCCCC1C(F)(F)F. The quantitative estimate of drug-likeness (QED) is 0.716. The molecule has 0 bridgehead atoms. The molecule has 0 aliphatic heterocycles. The minimum absolute atomic E-state index is 0.0772. The lowest BCUT2D eigenvalue weighted by Gasteiger charge is -2.32. The summed E-state index contributed by atoms with van der Waals surface area (Å²) in [6.07, 6.45) is -3.62. The van der Waals surface area contributed by atoms with Crippen molar-refractivity contribution < 1.29 is 33.0 Å². The number of alkyl halides is 3. The number of aliphatic hydroxyl groups excluding tert-OH is 1. The van der Waals surface area contributed by atoms with Gasteiger partial charge in [0, 0.05) is 5.92 Å². The number of nitrogens with one attached hydrogen (secondary N) is 1.